The van der Waals surface area contributed by atoms with E-state index in [1.807, 2.05) is 61.5 Å². The smallest absolute Gasteiger partial charge is 0.341 e. The summed E-state index contributed by atoms with van der Waals surface area (Å²) < 4.78 is 10.7. The fraction of sp³-hybridized carbons (Fsp3) is 0.344. The average Bonchev–Trinajstić information content (AvgIpc) is 3.29. The van der Waals surface area contributed by atoms with E-state index in [9.17, 15) is 9.59 Å². The maximum atomic E-state index is 13.8. The highest BCUT2D eigenvalue weighted by atomic mass is 32.1. The molecule has 0 saturated heterocycles. The van der Waals surface area contributed by atoms with Gasteiger partial charge in [0.25, 0.3) is 5.91 Å². The number of pyridine rings is 1. The van der Waals surface area contributed by atoms with Gasteiger partial charge in [0.2, 0.25) is 0 Å². The first kappa shape index (κ1) is 26.9. The molecule has 1 unspecified atom stereocenters. The Morgan fingerprint density at radius 3 is 2.54 bits per heavy atom. The van der Waals surface area contributed by atoms with Gasteiger partial charge < -0.3 is 14.8 Å². The van der Waals surface area contributed by atoms with E-state index in [-0.39, 0.29) is 11.3 Å². The molecule has 202 valence electrons. The lowest BCUT2D eigenvalue weighted by Crippen LogP contribution is -2.26. The molecule has 1 atom stereocenters. The molecule has 0 saturated carbocycles. The van der Waals surface area contributed by atoms with Gasteiger partial charge in [0.15, 0.2) is 0 Å². The molecule has 0 fully saturated rings. The highest BCUT2D eigenvalue weighted by Gasteiger charge is 2.34. The molecule has 1 N–H and O–H groups in total. The Bertz CT molecular complexity index is 1530. The van der Waals surface area contributed by atoms with E-state index in [1.54, 1.807) is 0 Å². The molecule has 0 radical (unpaired) electrons. The zero-order chi connectivity index (χ0) is 27.7. The van der Waals surface area contributed by atoms with Gasteiger partial charge in [0.05, 0.1) is 36.1 Å². The van der Waals surface area contributed by atoms with Gasteiger partial charge in [0.1, 0.15) is 10.8 Å². The van der Waals surface area contributed by atoms with Crippen molar-refractivity contribution < 1.29 is 19.1 Å². The molecular formula is C32H34N2O4S. The van der Waals surface area contributed by atoms with Gasteiger partial charge in [-0.2, -0.15) is 0 Å². The van der Waals surface area contributed by atoms with Crippen LogP contribution in [0.25, 0.3) is 22.2 Å². The second-order valence-electron chi connectivity index (χ2n) is 11.0. The molecule has 0 bridgehead atoms. The number of hydrogen-bond acceptors (Lipinski definition) is 6. The summed E-state index contributed by atoms with van der Waals surface area (Å²) in [4.78, 5) is 32.7. The summed E-state index contributed by atoms with van der Waals surface area (Å²) in [5.41, 5.74) is 4.46. The maximum absolute atomic E-state index is 13.8. The molecule has 39 heavy (non-hydrogen) atoms. The van der Waals surface area contributed by atoms with E-state index < -0.39 is 5.97 Å². The van der Waals surface area contributed by atoms with E-state index in [0.717, 1.165) is 51.9 Å². The van der Waals surface area contributed by atoms with Crippen molar-refractivity contribution >= 4 is 39.1 Å². The second-order valence-corrected chi connectivity index (χ2v) is 12.1. The van der Waals surface area contributed by atoms with Crippen LogP contribution in [0.5, 0.6) is 5.75 Å². The van der Waals surface area contributed by atoms with E-state index in [1.165, 1.54) is 18.4 Å². The number of thiophene rings is 1. The lowest BCUT2D eigenvalue weighted by atomic mass is 9.72. The highest BCUT2D eigenvalue weighted by molar-refractivity contribution is 7.17. The fourth-order valence-corrected chi connectivity index (χ4v) is 6.61. The molecule has 0 spiro atoms. The van der Waals surface area contributed by atoms with E-state index in [2.05, 4.69) is 26.1 Å². The van der Waals surface area contributed by atoms with Crippen molar-refractivity contribution in [1.82, 2.24) is 4.98 Å². The third-order valence-corrected chi connectivity index (χ3v) is 8.70. The van der Waals surface area contributed by atoms with Crippen LogP contribution in [0.4, 0.5) is 5.00 Å². The van der Waals surface area contributed by atoms with E-state index in [0.29, 0.717) is 34.3 Å². The predicted molar refractivity (Wildman–Crippen MR) is 157 cm³/mol. The van der Waals surface area contributed by atoms with E-state index in [4.69, 9.17) is 14.5 Å². The summed E-state index contributed by atoms with van der Waals surface area (Å²) in [6.07, 6.45) is 2.70. The summed E-state index contributed by atoms with van der Waals surface area (Å²) in [5, 5.41) is 4.38. The molecule has 4 aromatic rings. The van der Waals surface area contributed by atoms with Gasteiger partial charge in [-0.25, -0.2) is 9.78 Å². The molecular weight excluding hydrogens is 508 g/mol. The maximum Gasteiger partial charge on any atom is 0.341 e. The number of rotatable bonds is 6. The first-order chi connectivity index (χ1) is 18.7. The summed E-state index contributed by atoms with van der Waals surface area (Å²) >= 11 is 1.50. The molecule has 6 nitrogen and oxygen atoms in total. The number of methoxy groups -OCH3 is 1. The van der Waals surface area contributed by atoms with Crippen LogP contribution in [0.3, 0.4) is 0 Å². The number of nitrogens with one attached hydrogen (secondary N) is 1. The number of aromatic nitrogens is 1. The van der Waals surface area contributed by atoms with Crippen LogP contribution in [-0.4, -0.2) is 30.6 Å². The third kappa shape index (κ3) is 5.41. The SMILES string of the molecule is CCOc1ccc(-c2cc(C(=O)Nc3sc4c(c3C(=O)OC)CCC(C(C)(C)C)C4)c3ccccc3n2)cc1. The fourth-order valence-electron chi connectivity index (χ4n) is 5.30. The molecule has 2 heterocycles. The number of carbonyl (C=O) groups is 2. The Kier molecular flexibility index (Phi) is 7.45. The summed E-state index contributed by atoms with van der Waals surface area (Å²) in [6.45, 7) is 9.32. The van der Waals surface area contributed by atoms with Crippen molar-refractivity contribution in [2.45, 2.75) is 47.0 Å². The number of hydrogen-bond donors (Lipinski definition) is 1. The number of fused-ring (bicyclic) bond motifs is 2. The molecule has 0 aliphatic heterocycles. The first-order valence-corrected chi connectivity index (χ1v) is 14.2. The monoisotopic (exact) mass is 542 g/mol. The number of anilines is 1. The standard InChI is InChI=1S/C32H34N2O4S/c1-6-38-21-14-11-19(12-15-21)26-18-24(22-9-7-8-10-25(22)33-26)29(35)34-30-28(31(36)37-5)23-16-13-20(32(2,3)4)17-27(23)39-30/h7-12,14-15,18,20H,6,13,16-17H2,1-5H3,(H,34,35). The summed E-state index contributed by atoms with van der Waals surface area (Å²) in [5.74, 6) is 0.604. The number of amides is 1. The number of carbonyl (C=O) groups excluding carboxylic acids is 2. The Labute approximate surface area is 233 Å². The predicted octanol–water partition coefficient (Wildman–Crippen LogP) is 7.55. The lowest BCUT2D eigenvalue weighted by Gasteiger charge is -2.33. The van der Waals surface area contributed by atoms with E-state index >= 15 is 0 Å². The van der Waals surface area contributed by atoms with Crippen LogP contribution in [-0.2, 0) is 17.6 Å². The van der Waals surface area contributed by atoms with Gasteiger partial charge >= 0.3 is 5.97 Å². The number of esters is 1. The third-order valence-electron chi connectivity index (χ3n) is 7.53. The lowest BCUT2D eigenvalue weighted by molar-refractivity contribution is 0.0600. The average molecular weight is 543 g/mol. The molecule has 2 aromatic carbocycles. The minimum Gasteiger partial charge on any atom is -0.494 e. The van der Waals surface area contributed by atoms with Crippen molar-refractivity contribution in [2.24, 2.45) is 11.3 Å². The highest BCUT2D eigenvalue weighted by Crippen LogP contribution is 2.44. The molecule has 1 aliphatic carbocycles. The number of benzene rings is 2. The van der Waals surface area contributed by atoms with Crippen molar-refractivity contribution in [3.63, 3.8) is 0 Å². The van der Waals surface area contributed by atoms with Crippen molar-refractivity contribution in [3.05, 3.63) is 76.2 Å². The summed E-state index contributed by atoms with van der Waals surface area (Å²) in [6, 6.07) is 17.1. The molecule has 5 rings (SSSR count). The van der Waals surface area contributed by atoms with Gasteiger partial charge in [0, 0.05) is 15.8 Å². The number of nitrogens with zero attached hydrogens (tertiary/aromatic N) is 1. The Hall–Kier alpha value is -3.71. The topological polar surface area (TPSA) is 77.5 Å². The van der Waals surface area contributed by atoms with Crippen LogP contribution in [0.1, 0.15) is 65.3 Å². The molecule has 1 amide bonds. The van der Waals surface area contributed by atoms with Crippen LogP contribution in [0, 0.1) is 11.3 Å². The molecule has 2 aromatic heterocycles. The molecule has 1 aliphatic rings. The normalized spacial score (nSPS) is 15.1. The zero-order valence-corrected chi connectivity index (χ0v) is 23.9. The van der Waals surface area contributed by atoms with Crippen molar-refractivity contribution in [3.8, 4) is 17.0 Å². The number of para-hydroxylation sites is 1. The van der Waals surface area contributed by atoms with Gasteiger partial charge in [-0.15, -0.1) is 11.3 Å². The van der Waals surface area contributed by atoms with Crippen molar-refractivity contribution in [1.29, 1.82) is 0 Å². The van der Waals surface area contributed by atoms with Gasteiger partial charge in [-0.1, -0.05) is 39.0 Å². The quantitative estimate of drug-likeness (QED) is 0.255. The zero-order valence-electron chi connectivity index (χ0n) is 23.1. The number of ether oxygens (including phenoxy) is 2. The Morgan fingerprint density at radius 1 is 1.10 bits per heavy atom. The summed E-state index contributed by atoms with van der Waals surface area (Å²) in [7, 11) is 1.39. The van der Waals surface area contributed by atoms with Crippen LogP contribution in [0.2, 0.25) is 0 Å². The largest absolute Gasteiger partial charge is 0.494 e. The minimum absolute atomic E-state index is 0.170. The Balaban J connectivity index is 1.53. The van der Waals surface area contributed by atoms with Gasteiger partial charge in [-0.3, -0.25) is 4.79 Å². The minimum atomic E-state index is -0.410. The molecule has 7 heteroatoms. The second kappa shape index (κ2) is 10.8. The first-order valence-electron chi connectivity index (χ1n) is 13.4. The van der Waals surface area contributed by atoms with Crippen molar-refractivity contribution in [2.75, 3.05) is 19.0 Å². The van der Waals surface area contributed by atoms with Crippen LogP contribution in [0.15, 0.2) is 54.6 Å². The van der Waals surface area contributed by atoms with Gasteiger partial charge in [-0.05, 0) is 79.5 Å². The van der Waals surface area contributed by atoms with Crippen LogP contribution < -0.4 is 10.1 Å². The Morgan fingerprint density at radius 2 is 1.85 bits per heavy atom. The van der Waals surface area contributed by atoms with Crippen LogP contribution >= 0.6 is 11.3 Å².